The lowest BCUT2D eigenvalue weighted by Crippen LogP contribution is -2.15. The largest absolute Gasteiger partial charge is 0.493 e. The van der Waals surface area contributed by atoms with Gasteiger partial charge in [-0.1, -0.05) is 17.7 Å². The molecule has 3 aromatic rings. The van der Waals surface area contributed by atoms with E-state index in [0.29, 0.717) is 27.6 Å². The lowest BCUT2D eigenvalue weighted by Gasteiger charge is -2.13. The average molecular weight is 463 g/mol. The molecule has 2 aromatic carbocycles. The fraction of sp³-hybridized carbons (Fsp3) is 0.217. The van der Waals surface area contributed by atoms with Gasteiger partial charge in [0, 0.05) is 11.2 Å². The molecule has 0 saturated heterocycles. The summed E-state index contributed by atoms with van der Waals surface area (Å²) in [6.07, 6.45) is 3.34. The number of hydrogen-bond acceptors (Lipinski definition) is 5. The summed E-state index contributed by atoms with van der Waals surface area (Å²) in [5, 5.41) is 3.24. The van der Waals surface area contributed by atoms with Gasteiger partial charge in [-0.15, -0.1) is 0 Å². The molecule has 1 heterocycles. The number of carbonyl (C=O) groups excluding carboxylic acids is 1. The molecule has 1 aromatic heterocycles. The number of methoxy groups -OCH3 is 1. The first-order chi connectivity index (χ1) is 15.3. The molecule has 0 radical (unpaired) electrons. The van der Waals surface area contributed by atoms with Gasteiger partial charge in [0.15, 0.2) is 11.5 Å². The lowest BCUT2D eigenvalue weighted by molar-refractivity contribution is -0.115. The molecule has 0 bridgehead atoms. The number of nitrogens with zero attached hydrogens (tertiary/aromatic N) is 1. The number of rotatable bonds is 9. The van der Waals surface area contributed by atoms with Crippen LogP contribution < -0.4 is 19.5 Å². The maximum atomic E-state index is 12.5. The summed E-state index contributed by atoms with van der Waals surface area (Å²) in [6.45, 7) is -0.939. The Morgan fingerprint density at radius 1 is 1.12 bits per heavy atom. The van der Waals surface area contributed by atoms with E-state index in [1.54, 1.807) is 42.7 Å². The summed E-state index contributed by atoms with van der Waals surface area (Å²) in [6, 6.07) is 11.4. The molecule has 0 aliphatic carbocycles. The van der Waals surface area contributed by atoms with Crippen molar-refractivity contribution in [2.45, 2.75) is 26.6 Å². The second-order valence-electron chi connectivity index (χ2n) is 6.86. The number of amides is 1. The normalized spacial score (nSPS) is 10.7. The van der Waals surface area contributed by atoms with Crippen LogP contribution in [-0.4, -0.2) is 24.6 Å². The van der Waals surface area contributed by atoms with Crippen LogP contribution in [0.5, 0.6) is 17.2 Å². The maximum absolute atomic E-state index is 12.5. The highest BCUT2D eigenvalue weighted by Crippen LogP contribution is 2.30. The second-order valence-corrected chi connectivity index (χ2v) is 7.30. The van der Waals surface area contributed by atoms with E-state index in [1.807, 2.05) is 13.0 Å². The van der Waals surface area contributed by atoms with Gasteiger partial charge in [-0.25, -0.2) is 0 Å². The van der Waals surface area contributed by atoms with Crippen LogP contribution in [0.25, 0.3) is 0 Å². The van der Waals surface area contributed by atoms with E-state index in [9.17, 15) is 13.6 Å². The van der Waals surface area contributed by atoms with Crippen molar-refractivity contribution >= 4 is 23.2 Å². The number of aromatic nitrogens is 1. The molecule has 1 N–H and O–H groups in total. The Morgan fingerprint density at radius 3 is 2.66 bits per heavy atom. The molecule has 0 fully saturated rings. The van der Waals surface area contributed by atoms with Crippen molar-refractivity contribution in [3.8, 4) is 17.2 Å². The number of ether oxygens (including phenoxy) is 3. The lowest BCUT2D eigenvalue weighted by atomic mass is 10.1. The zero-order valence-electron chi connectivity index (χ0n) is 17.4. The average Bonchev–Trinajstić information content (AvgIpc) is 2.74. The quantitative estimate of drug-likeness (QED) is 0.460. The fourth-order valence-corrected chi connectivity index (χ4v) is 3.19. The molecule has 0 aliphatic heterocycles. The Hall–Kier alpha value is -3.39. The molecule has 0 unspecified atom stereocenters. The molecular weight excluding hydrogens is 442 g/mol. The summed E-state index contributed by atoms with van der Waals surface area (Å²) in [4.78, 5) is 16.4. The molecule has 0 spiro atoms. The van der Waals surface area contributed by atoms with Crippen molar-refractivity contribution in [3.63, 3.8) is 0 Å². The number of alkyl halides is 2. The van der Waals surface area contributed by atoms with Gasteiger partial charge in [0.05, 0.1) is 25.4 Å². The maximum Gasteiger partial charge on any atom is 0.387 e. The first-order valence-electron chi connectivity index (χ1n) is 9.58. The number of halogens is 3. The van der Waals surface area contributed by atoms with Gasteiger partial charge in [0.25, 0.3) is 0 Å². The van der Waals surface area contributed by atoms with Gasteiger partial charge in [0.1, 0.15) is 12.4 Å². The van der Waals surface area contributed by atoms with E-state index >= 15 is 0 Å². The zero-order valence-corrected chi connectivity index (χ0v) is 18.2. The van der Waals surface area contributed by atoms with Crippen LogP contribution in [0.1, 0.15) is 16.7 Å². The summed E-state index contributed by atoms with van der Waals surface area (Å²) in [7, 11) is 1.36. The molecule has 3 rings (SSSR count). The second kappa shape index (κ2) is 10.8. The topological polar surface area (TPSA) is 69.7 Å². The van der Waals surface area contributed by atoms with Crippen molar-refractivity contribution < 1.29 is 27.8 Å². The van der Waals surface area contributed by atoms with E-state index in [1.165, 1.54) is 13.2 Å². The van der Waals surface area contributed by atoms with Gasteiger partial charge in [0.2, 0.25) is 5.91 Å². The monoisotopic (exact) mass is 462 g/mol. The molecule has 1 amide bonds. The van der Waals surface area contributed by atoms with Crippen molar-refractivity contribution in [2.24, 2.45) is 0 Å². The van der Waals surface area contributed by atoms with Crippen LogP contribution >= 0.6 is 11.6 Å². The van der Waals surface area contributed by atoms with E-state index in [2.05, 4.69) is 15.0 Å². The molecular formula is C23H21ClF2N2O4. The van der Waals surface area contributed by atoms with Crippen molar-refractivity contribution in [1.29, 1.82) is 0 Å². The first-order valence-corrected chi connectivity index (χ1v) is 9.96. The number of hydrogen-bond donors (Lipinski definition) is 1. The Bertz CT molecular complexity index is 1100. The van der Waals surface area contributed by atoms with E-state index in [4.69, 9.17) is 21.1 Å². The minimum absolute atomic E-state index is 0.0637. The zero-order chi connectivity index (χ0) is 23.1. The van der Waals surface area contributed by atoms with Crippen LogP contribution in [0.15, 0.2) is 54.9 Å². The third-order valence-electron chi connectivity index (χ3n) is 4.46. The highest BCUT2D eigenvalue weighted by molar-refractivity contribution is 6.30. The summed E-state index contributed by atoms with van der Waals surface area (Å²) in [5.74, 6) is 0.352. The Balaban J connectivity index is 1.66. The third-order valence-corrected chi connectivity index (χ3v) is 4.68. The van der Waals surface area contributed by atoms with Gasteiger partial charge < -0.3 is 19.5 Å². The van der Waals surface area contributed by atoms with Crippen molar-refractivity contribution in [3.05, 3.63) is 76.6 Å². The molecule has 0 atom stereocenters. The highest BCUT2D eigenvalue weighted by atomic mass is 35.5. The Labute approximate surface area is 189 Å². The molecule has 32 heavy (non-hydrogen) atoms. The summed E-state index contributed by atoms with van der Waals surface area (Å²) in [5.41, 5.74) is 2.90. The van der Waals surface area contributed by atoms with Crippen LogP contribution in [0, 0.1) is 6.92 Å². The number of pyridine rings is 1. The Morgan fingerprint density at radius 2 is 1.94 bits per heavy atom. The first kappa shape index (κ1) is 23.3. The van der Waals surface area contributed by atoms with Gasteiger partial charge in [-0.3, -0.25) is 9.78 Å². The minimum atomic E-state index is -2.95. The van der Waals surface area contributed by atoms with Crippen LogP contribution in [0.2, 0.25) is 5.02 Å². The molecule has 168 valence electrons. The van der Waals surface area contributed by atoms with E-state index in [-0.39, 0.29) is 30.4 Å². The number of aryl methyl sites for hydroxylation is 1. The number of nitrogens with one attached hydrogen (secondary N) is 1. The standard InChI is InChI=1S/C23H21ClF2N2O4/c1-14-5-6-27-12-19(14)28-22(29)10-16-7-17(24)11-18(8-16)31-13-15-3-4-20(32-23(25)26)21(9-15)30-2/h3-9,11-12,23H,10,13H2,1-2H3,(H,28,29). The predicted molar refractivity (Wildman–Crippen MR) is 117 cm³/mol. The van der Waals surface area contributed by atoms with Gasteiger partial charge in [-0.05, 0) is 60.0 Å². The number of anilines is 1. The molecule has 9 heteroatoms. The SMILES string of the molecule is COc1cc(COc2cc(Cl)cc(CC(=O)Nc3cnccc3C)c2)ccc1OC(F)F. The number of benzene rings is 2. The van der Waals surface area contributed by atoms with E-state index in [0.717, 1.165) is 5.56 Å². The molecule has 0 aliphatic rings. The summed E-state index contributed by atoms with van der Waals surface area (Å²) >= 11 is 6.19. The van der Waals surface area contributed by atoms with Crippen molar-refractivity contribution in [2.75, 3.05) is 12.4 Å². The molecule has 0 saturated carbocycles. The Kier molecular flexibility index (Phi) is 7.83. The minimum Gasteiger partial charge on any atom is -0.493 e. The van der Waals surface area contributed by atoms with Crippen LogP contribution in [-0.2, 0) is 17.8 Å². The van der Waals surface area contributed by atoms with Crippen molar-refractivity contribution in [1.82, 2.24) is 4.98 Å². The summed E-state index contributed by atoms with van der Waals surface area (Å²) < 4.78 is 40.2. The fourth-order valence-electron chi connectivity index (χ4n) is 2.94. The molecule has 6 nitrogen and oxygen atoms in total. The smallest absolute Gasteiger partial charge is 0.387 e. The highest BCUT2D eigenvalue weighted by Gasteiger charge is 2.12. The predicted octanol–water partition coefficient (Wildman–Crippen LogP) is 5.41. The van der Waals surface area contributed by atoms with E-state index < -0.39 is 6.61 Å². The number of carbonyl (C=O) groups is 1. The van der Waals surface area contributed by atoms with Crippen LogP contribution in [0.4, 0.5) is 14.5 Å². The van der Waals surface area contributed by atoms with Crippen LogP contribution in [0.3, 0.4) is 0 Å². The third kappa shape index (κ3) is 6.55. The van der Waals surface area contributed by atoms with Gasteiger partial charge in [-0.2, -0.15) is 8.78 Å². The van der Waals surface area contributed by atoms with Gasteiger partial charge >= 0.3 is 6.61 Å².